The first-order valence-electron chi connectivity index (χ1n) is 17.5. The highest BCUT2D eigenvalue weighted by Crippen LogP contribution is 2.21. The van der Waals surface area contributed by atoms with Gasteiger partial charge in [0, 0.05) is 24.6 Å². The number of Topliss-reactive ketones (excluding diaryl/α,β-unsaturated/α-hetero) is 1. The maximum Gasteiger partial charge on any atom is 0.317 e. The van der Waals surface area contributed by atoms with Crippen LogP contribution in [0.25, 0.3) is 0 Å². The number of carbonyl (C=O) groups excluding carboxylic acids is 2. The van der Waals surface area contributed by atoms with Gasteiger partial charge in [0.05, 0.1) is 32.2 Å². The number of rotatable bonds is 20. The Labute approximate surface area is 460 Å². The minimum absolute atomic E-state index is 0. The lowest BCUT2D eigenvalue weighted by molar-refractivity contribution is -0.148. The van der Waals surface area contributed by atoms with Gasteiger partial charge < -0.3 is 36.8 Å². The number of amides is 1. The first-order chi connectivity index (χ1) is 23.9. The summed E-state index contributed by atoms with van der Waals surface area (Å²) in [5.74, 6) is -5.47. The van der Waals surface area contributed by atoms with Crippen molar-refractivity contribution in [2.24, 2.45) is 5.73 Å². The largest absolute Gasteiger partial charge is 0.480 e. The van der Waals surface area contributed by atoms with Crippen LogP contribution in [0.3, 0.4) is 0 Å². The number of likely N-dealkylation sites (N-methyl/N-ethyl adjacent to an activating group) is 1. The van der Waals surface area contributed by atoms with Crippen LogP contribution in [0, 0.1) is 0 Å². The number of nitrogens with one attached hydrogen (secondary N) is 2. The topological polar surface area (TPSA) is 240 Å². The number of carboxylic acid groups (broad SMARTS) is 4. The Hall–Kier alpha value is -2.44. The molecule has 0 fully saturated rings. The first-order valence-corrected chi connectivity index (χ1v) is 20.0. The van der Waals surface area contributed by atoms with E-state index in [2.05, 4.69) is 16.4 Å². The van der Waals surface area contributed by atoms with Crippen molar-refractivity contribution in [3.63, 3.8) is 0 Å². The fourth-order valence-corrected chi connectivity index (χ4v) is 4.95. The summed E-state index contributed by atoms with van der Waals surface area (Å²) < 4.78 is 0. The van der Waals surface area contributed by atoms with Gasteiger partial charge >= 0.3 is 23.9 Å². The van der Waals surface area contributed by atoms with Gasteiger partial charge in [-0.2, -0.15) is 0 Å². The molecule has 70 heavy (non-hydrogen) atoms. The van der Waals surface area contributed by atoms with Crippen LogP contribution in [0.15, 0.2) is 0 Å². The highest BCUT2D eigenvalue weighted by molar-refractivity contribution is 8.76. The lowest BCUT2D eigenvalue weighted by Crippen LogP contribution is -2.56. The summed E-state index contributed by atoms with van der Waals surface area (Å²) in [6.45, 7) is 25.9. The third-order valence-corrected chi connectivity index (χ3v) is 6.63. The Kier molecular flexibility index (Phi) is 526. The summed E-state index contributed by atoms with van der Waals surface area (Å²) >= 11 is 0. The monoisotopic (exact) mass is 1090 g/mol. The van der Waals surface area contributed by atoms with Crippen LogP contribution in [0.4, 0.5) is 0 Å². The molecular formula is C53H157N5O10S2. The van der Waals surface area contributed by atoms with Crippen molar-refractivity contribution < 1.29 is 49.2 Å². The standard InChI is InChI=1S/C18H30N4O10S2.7C2H6.CH5N.20CH4/c1-11(23)12(19-2)10-34-33-4-3-20-18(32)13(22(8-16(28)29)9-17(30)31)5-21(6-14(24)25)7-15(26)27;8*1-2;;;;;;;;;;;;;;;;;;;;/h12-13,19H,3-10H2,1-2H3,(H,20,32)(H,24,25)(H,26,27)(H,28,29)(H,30,31);7*1-2H3;2H2,1H3;20*1H4. The van der Waals surface area contributed by atoms with E-state index < -0.39 is 68.6 Å². The number of carboxylic acids is 4. The van der Waals surface area contributed by atoms with E-state index in [-0.39, 0.29) is 167 Å². The first kappa shape index (κ1) is 201. The average Bonchev–Trinajstić information content (AvgIpc) is 3.12. The molecule has 0 saturated carbocycles. The Morgan fingerprint density at radius 3 is 0.900 bits per heavy atom. The second-order valence-corrected chi connectivity index (χ2v) is 9.64. The molecular weight excluding hydrogens is 931 g/mol. The third kappa shape index (κ3) is 166. The van der Waals surface area contributed by atoms with Gasteiger partial charge in [-0.25, -0.2) is 0 Å². The zero-order chi connectivity index (χ0) is 42.3. The number of nitrogens with two attached hydrogens (primary N) is 1. The van der Waals surface area contributed by atoms with Crippen molar-refractivity contribution in [1.29, 1.82) is 0 Å². The van der Waals surface area contributed by atoms with Crippen LogP contribution in [-0.4, -0.2) is 143 Å². The molecule has 0 aliphatic rings. The molecule has 0 radical (unpaired) electrons. The zero-order valence-electron chi connectivity index (χ0n) is 34.3. The second kappa shape index (κ2) is 183. The van der Waals surface area contributed by atoms with Crippen LogP contribution in [-0.2, 0) is 28.8 Å². The summed E-state index contributed by atoms with van der Waals surface area (Å²) in [7, 11) is 5.93. The Bertz CT molecular complexity index is 731. The molecule has 0 aromatic carbocycles. The summed E-state index contributed by atoms with van der Waals surface area (Å²) in [5, 5.41) is 41.7. The van der Waals surface area contributed by atoms with Crippen molar-refractivity contribution in [3.8, 4) is 0 Å². The van der Waals surface area contributed by atoms with Crippen molar-refractivity contribution in [1.82, 2.24) is 20.4 Å². The fourth-order valence-electron chi connectivity index (χ4n) is 2.71. The molecule has 17 heteroatoms. The van der Waals surface area contributed by atoms with Gasteiger partial charge in [0.25, 0.3) is 0 Å². The summed E-state index contributed by atoms with van der Waals surface area (Å²) in [6.07, 6.45) is 0. The zero-order valence-corrected chi connectivity index (χ0v) is 36.0. The van der Waals surface area contributed by atoms with E-state index in [1.807, 2.05) is 96.9 Å². The van der Waals surface area contributed by atoms with Crippen LogP contribution in [0.5, 0.6) is 0 Å². The van der Waals surface area contributed by atoms with Crippen molar-refractivity contribution in [2.75, 3.05) is 64.9 Å². The number of carbonyl (C=O) groups is 6. The second-order valence-electron chi connectivity index (χ2n) is 7.01. The van der Waals surface area contributed by atoms with Crippen molar-refractivity contribution >= 4 is 57.2 Å². The van der Waals surface area contributed by atoms with Gasteiger partial charge in [0.2, 0.25) is 5.91 Å². The SMILES string of the molecule is C.C.C.C.C.C.C.C.C.C.C.C.C.C.C.C.C.C.C.C.CC.CC.CC.CC.CC.CC.CC.CN.CNC(CSSCCNC(=O)C(CN(CC(=O)O)CC(=O)O)N(CC(=O)O)CC(=O)O)C(C)=O. The highest BCUT2D eigenvalue weighted by atomic mass is 33.1. The fraction of sp³-hybridized carbons (Fsp3) is 0.887. The normalized spacial score (nSPS) is 6.91. The van der Waals surface area contributed by atoms with E-state index in [1.165, 1.54) is 35.6 Å². The van der Waals surface area contributed by atoms with Gasteiger partial charge in [-0.3, -0.25) is 38.6 Å². The van der Waals surface area contributed by atoms with E-state index in [0.717, 1.165) is 9.80 Å². The predicted octanol–water partition coefficient (Wildman–Crippen LogP) is 17.5. The van der Waals surface area contributed by atoms with Crippen molar-refractivity contribution in [3.05, 3.63) is 0 Å². The molecule has 466 valence electrons. The highest BCUT2D eigenvalue weighted by Gasteiger charge is 2.32. The minimum Gasteiger partial charge on any atom is -0.480 e. The molecule has 2 atom stereocenters. The molecule has 0 aromatic heterocycles. The van der Waals surface area contributed by atoms with E-state index in [1.54, 1.807) is 7.05 Å². The third-order valence-electron chi connectivity index (χ3n) is 4.21. The van der Waals surface area contributed by atoms with Crippen LogP contribution < -0.4 is 16.4 Å². The Morgan fingerprint density at radius 1 is 0.457 bits per heavy atom. The molecule has 2 unspecified atom stereocenters. The van der Waals surface area contributed by atoms with Gasteiger partial charge in [-0.05, 0) is 21.0 Å². The number of hydrogen-bond donors (Lipinski definition) is 7. The maximum atomic E-state index is 12.8. The molecule has 0 bridgehead atoms. The van der Waals surface area contributed by atoms with E-state index in [4.69, 9.17) is 20.4 Å². The lowest BCUT2D eigenvalue weighted by Gasteiger charge is -2.31. The van der Waals surface area contributed by atoms with Crippen molar-refractivity contribution in [2.45, 2.75) is 264 Å². The average molecular weight is 1090 g/mol. The van der Waals surface area contributed by atoms with Crippen LogP contribution in [0.2, 0.25) is 0 Å². The quantitative estimate of drug-likeness (QED) is 0.0443. The predicted molar refractivity (Wildman–Crippen MR) is 348 cm³/mol. The Balaban J connectivity index is -0.0000000157. The van der Waals surface area contributed by atoms with E-state index in [0.29, 0.717) is 11.5 Å². The molecule has 0 aliphatic carbocycles. The van der Waals surface area contributed by atoms with Gasteiger partial charge in [0.1, 0.15) is 11.8 Å². The minimum atomic E-state index is -1.44. The van der Waals surface area contributed by atoms with Gasteiger partial charge in [0.15, 0.2) is 0 Å². The Morgan fingerprint density at radius 2 is 0.700 bits per heavy atom. The number of nitrogens with zero attached hydrogens (tertiary/aromatic N) is 2. The molecule has 0 rings (SSSR count). The molecule has 0 aliphatic heterocycles. The molecule has 15 nitrogen and oxygen atoms in total. The van der Waals surface area contributed by atoms with Crippen LogP contribution >= 0.6 is 21.6 Å². The summed E-state index contributed by atoms with van der Waals surface area (Å²) in [4.78, 5) is 70.5. The number of aliphatic carboxylic acids is 4. The molecule has 0 saturated heterocycles. The smallest absolute Gasteiger partial charge is 0.317 e. The summed E-state index contributed by atoms with van der Waals surface area (Å²) in [6, 6.07) is -1.75. The molecule has 0 aromatic rings. The maximum absolute atomic E-state index is 12.8. The molecule has 8 N–H and O–H groups in total. The molecule has 1 amide bonds. The van der Waals surface area contributed by atoms with E-state index in [9.17, 15) is 28.8 Å². The van der Waals surface area contributed by atoms with Crippen LogP contribution in [0.1, 0.15) is 252 Å². The van der Waals surface area contributed by atoms with E-state index >= 15 is 0 Å². The number of ketones is 1. The molecule has 0 spiro atoms. The van der Waals surface area contributed by atoms with Gasteiger partial charge in [-0.15, -0.1) is 0 Å². The summed E-state index contributed by atoms with van der Waals surface area (Å²) in [5.41, 5.74) is 4.50. The number of hydrogen-bond acceptors (Lipinski definition) is 12. The molecule has 0 heterocycles. The van der Waals surface area contributed by atoms with Gasteiger partial charge in [-0.1, -0.05) is 267 Å². The lowest BCUT2D eigenvalue weighted by atomic mass is 10.2.